The van der Waals surface area contributed by atoms with Gasteiger partial charge in [-0.25, -0.2) is 4.68 Å². The van der Waals surface area contributed by atoms with Gasteiger partial charge in [-0.1, -0.05) is 24.3 Å². The van der Waals surface area contributed by atoms with Crippen molar-refractivity contribution in [1.29, 1.82) is 0 Å². The predicted molar refractivity (Wildman–Crippen MR) is 85.7 cm³/mol. The number of hydrogen-bond acceptors (Lipinski definition) is 4. The van der Waals surface area contributed by atoms with Crippen LogP contribution >= 0.6 is 0 Å². The van der Waals surface area contributed by atoms with Crippen molar-refractivity contribution in [2.75, 3.05) is 7.11 Å². The summed E-state index contributed by atoms with van der Waals surface area (Å²) >= 11 is 0. The van der Waals surface area contributed by atoms with E-state index < -0.39 is 0 Å². The number of methoxy groups -OCH3 is 1. The molecule has 0 unspecified atom stereocenters. The zero-order valence-corrected chi connectivity index (χ0v) is 12.7. The van der Waals surface area contributed by atoms with E-state index in [1.54, 1.807) is 37.7 Å². The lowest BCUT2D eigenvalue weighted by Crippen LogP contribution is -2.12. The first-order valence-electron chi connectivity index (χ1n) is 7.17. The van der Waals surface area contributed by atoms with Crippen molar-refractivity contribution in [3.63, 3.8) is 0 Å². The van der Waals surface area contributed by atoms with Gasteiger partial charge in [0.1, 0.15) is 6.61 Å². The zero-order valence-electron chi connectivity index (χ0n) is 12.7. The summed E-state index contributed by atoms with van der Waals surface area (Å²) in [6, 6.07) is 16.5. The van der Waals surface area contributed by atoms with E-state index in [1.807, 2.05) is 36.4 Å². The van der Waals surface area contributed by atoms with Crippen molar-refractivity contribution in [2.45, 2.75) is 6.61 Å². The Labute approximate surface area is 134 Å². The summed E-state index contributed by atoms with van der Waals surface area (Å²) in [4.78, 5) is 12.1. The topological polar surface area (TPSA) is 53.4 Å². The van der Waals surface area contributed by atoms with Crippen molar-refractivity contribution in [2.24, 2.45) is 0 Å². The Balaban J connectivity index is 1.67. The Morgan fingerprint density at radius 1 is 1.04 bits per heavy atom. The number of rotatable bonds is 5. The second kappa shape index (κ2) is 6.79. The van der Waals surface area contributed by atoms with Crippen molar-refractivity contribution >= 4 is 5.91 Å². The third-order valence-electron chi connectivity index (χ3n) is 3.38. The maximum atomic E-state index is 12.1. The first-order chi connectivity index (χ1) is 11.3. The normalized spacial score (nSPS) is 10.3. The molecule has 2 aromatic carbocycles. The maximum Gasteiger partial charge on any atom is 0.278 e. The van der Waals surface area contributed by atoms with Crippen molar-refractivity contribution in [3.05, 3.63) is 78.1 Å². The Hall–Kier alpha value is -3.08. The third kappa shape index (κ3) is 3.40. The van der Waals surface area contributed by atoms with Crippen LogP contribution in [0.5, 0.6) is 11.5 Å². The standard InChI is InChI=1S/C18H16N2O3/c1-22-16-5-2-3-6-17(16)23-13-14-7-9-15(10-8-14)18(21)20-12-4-11-19-20/h2-12H,13H2,1H3. The average Bonchev–Trinajstić information content (AvgIpc) is 3.14. The van der Waals surface area contributed by atoms with Gasteiger partial charge < -0.3 is 9.47 Å². The van der Waals surface area contributed by atoms with Gasteiger partial charge in [-0.05, 0) is 35.9 Å². The predicted octanol–water partition coefficient (Wildman–Crippen LogP) is 3.16. The average molecular weight is 308 g/mol. The van der Waals surface area contributed by atoms with Crippen LogP contribution < -0.4 is 9.47 Å². The van der Waals surface area contributed by atoms with E-state index in [0.29, 0.717) is 23.7 Å². The second-order valence-corrected chi connectivity index (χ2v) is 4.89. The summed E-state index contributed by atoms with van der Waals surface area (Å²) in [5.41, 5.74) is 1.54. The van der Waals surface area contributed by atoms with Gasteiger partial charge in [0.2, 0.25) is 0 Å². The minimum Gasteiger partial charge on any atom is -0.493 e. The molecule has 0 N–H and O–H groups in total. The maximum absolute atomic E-state index is 12.1. The highest BCUT2D eigenvalue weighted by atomic mass is 16.5. The van der Waals surface area contributed by atoms with Crippen molar-refractivity contribution in [1.82, 2.24) is 9.78 Å². The van der Waals surface area contributed by atoms with Gasteiger partial charge in [-0.2, -0.15) is 5.10 Å². The lowest BCUT2D eigenvalue weighted by molar-refractivity contribution is 0.0945. The highest BCUT2D eigenvalue weighted by Gasteiger charge is 2.08. The molecule has 3 aromatic rings. The third-order valence-corrected chi connectivity index (χ3v) is 3.38. The van der Waals surface area contributed by atoms with Crippen LogP contribution in [0.1, 0.15) is 15.9 Å². The molecular formula is C18H16N2O3. The lowest BCUT2D eigenvalue weighted by Gasteiger charge is -2.10. The highest BCUT2D eigenvalue weighted by Crippen LogP contribution is 2.26. The molecule has 1 aromatic heterocycles. The summed E-state index contributed by atoms with van der Waals surface area (Å²) in [7, 11) is 1.61. The van der Waals surface area contributed by atoms with E-state index in [1.165, 1.54) is 4.68 Å². The summed E-state index contributed by atoms with van der Waals surface area (Å²) in [5, 5.41) is 3.94. The molecular weight excluding hydrogens is 292 g/mol. The van der Waals surface area contributed by atoms with Gasteiger partial charge >= 0.3 is 0 Å². The van der Waals surface area contributed by atoms with Crippen LogP contribution in [0.25, 0.3) is 0 Å². The molecule has 0 amide bonds. The number of benzene rings is 2. The van der Waals surface area contributed by atoms with E-state index in [2.05, 4.69) is 5.10 Å². The number of carbonyl (C=O) groups excluding carboxylic acids is 1. The Morgan fingerprint density at radius 2 is 1.78 bits per heavy atom. The molecule has 0 bridgehead atoms. The fourth-order valence-corrected chi connectivity index (χ4v) is 2.16. The number of ether oxygens (including phenoxy) is 2. The summed E-state index contributed by atoms with van der Waals surface area (Å²) in [6.07, 6.45) is 3.20. The van der Waals surface area contributed by atoms with Gasteiger partial charge in [0.15, 0.2) is 11.5 Å². The monoisotopic (exact) mass is 308 g/mol. The molecule has 0 atom stereocenters. The van der Waals surface area contributed by atoms with E-state index in [9.17, 15) is 4.79 Å². The minimum atomic E-state index is -0.160. The van der Waals surface area contributed by atoms with E-state index >= 15 is 0 Å². The molecule has 0 aliphatic rings. The molecule has 0 radical (unpaired) electrons. The van der Waals surface area contributed by atoms with E-state index in [0.717, 1.165) is 5.56 Å². The van der Waals surface area contributed by atoms with Gasteiger partial charge in [0, 0.05) is 18.0 Å². The van der Waals surface area contributed by atoms with Crippen LogP contribution in [0, 0.1) is 0 Å². The first-order valence-corrected chi connectivity index (χ1v) is 7.17. The van der Waals surface area contributed by atoms with Crippen LogP contribution in [0.3, 0.4) is 0 Å². The molecule has 23 heavy (non-hydrogen) atoms. The number of nitrogens with zero attached hydrogens (tertiary/aromatic N) is 2. The van der Waals surface area contributed by atoms with Crippen molar-refractivity contribution in [3.8, 4) is 11.5 Å². The van der Waals surface area contributed by atoms with Crippen LogP contribution in [-0.2, 0) is 6.61 Å². The molecule has 0 saturated carbocycles. The summed E-state index contributed by atoms with van der Waals surface area (Å²) in [5.74, 6) is 1.22. The highest BCUT2D eigenvalue weighted by molar-refractivity contribution is 5.95. The first kappa shape index (κ1) is 14.8. The minimum absolute atomic E-state index is 0.160. The molecule has 5 heteroatoms. The fourth-order valence-electron chi connectivity index (χ4n) is 2.16. The quantitative estimate of drug-likeness (QED) is 0.726. The Bertz CT molecular complexity index is 780. The van der Waals surface area contributed by atoms with Gasteiger partial charge in [-0.3, -0.25) is 4.79 Å². The SMILES string of the molecule is COc1ccccc1OCc1ccc(C(=O)n2cccn2)cc1. The summed E-state index contributed by atoms with van der Waals surface area (Å²) in [6.45, 7) is 0.399. The molecule has 5 nitrogen and oxygen atoms in total. The molecule has 0 aliphatic heterocycles. The number of hydrogen-bond donors (Lipinski definition) is 0. The van der Waals surface area contributed by atoms with Crippen LogP contribution in [0.15, 0.2) is 67.0 Å². The van der Waals surface area contributed by atoms with Gasteiger partial charge in [-0.15, -0.1) is 0 Å². The van der Waals surface area contributed by atoms with Gasteiger partial charge in [0.25, 0.3) is 5.91 Å². The molecule has 1 heterocycles. The van der Waals surface area contributed by atoms with Crippen LogP contribution in [0.4, 0.5) is 0 Å². The number of para-hydroxylation sites is 2. The smallest absolute Gasteiger partial charge is 0.278 e. The van der Waals surface area contributed by atoms with E-state index in [4.69, 9.17) is 9.47 Å². The fraction of sp³-hybridized carbons (Fsp3) is 0.111. The van der Waals surface area contributed by atoms with E-state index in [-0.39, 0.29) is 5.91 Å². The van der Waals surface area contributed by atoms with Gasteiger partial charge in [0.05, 0.1) is 7.11 Å². The largest absolute Gasteiger partial charge is 0.493 e. The zero-order chi connectivity index (χ0) is 16.1. The summed E-state index contributed by atoms with van der Waals surface area (Å²) < 4.78 is 12.3. The molecule has 116 valence electrons. The van der Waals surface area contributed by atoms with Crippen LogP contribution in [-0.4, -0.2) is 22.8 Å². The number of carbonyl (C=O) groups is 1. The molecule has 0 spiro atoms. The molecule has 0 aliphatic carbocycles. The van der Waals surface area contributed by atoms with Crippen LogP contribution in [0.2, 0.25) is 0 Å². The molecule has 0 saturated heterocycles. The molecule has 3 rings (SSSR count). The van der Waals surface area contributed by atoms with Crippen molar-refractivity contribution < 1.29 is 14.3 Å². The lowest BCUT2D eigenvalue weighted by atomic mass is 10.1. The second-order valence-electron chi connectivity index (χ2n) is 4.89. The number of aromatic nitrogens is 2. The Kier molecular flexibility index (Phi) is 4.38. The molecule has 0 fully saturated rings. The Morgan fingerprint density at radius 3 is 2.43 bits per heavy atom.